The molecule has 1 aliphatic heterocycles. The number of nitrogens with one attached hydrogen (secondary N) is 1. The molecule has 2 aromatic rings. The molecule has 0 aromatic carbocycles. The standard InChI is InChI=1S/C12H13ClN4S/c13-9-5-4-8(18-9)10-7-3-1-2-6-15-11(7)17-12(14)16-10/h4-5H,1-3,6H2,(H3,14,15,16,17). The lowest BCUT2D eigenvalue weighted by molar-refractivity contribution is 0.785. The summed E-state index contributed by atoms with van der Waals surface area (Å²) in [5.41, 5.74) is 7.86. The number of nitrogens with zero attached hydrogens (tertiary/aromatic N) is 2. The predicted molar refractivity (Wildman–Crippen MR) is 76.2 cm³/mol. The van der Waals surface area contributed by atoms with Gasteiger partial charge in [0.25, 0.3) is 0 Å². The van der Waals surface area contributed by atoms with Crippen LogP contribution in [0.25, 0.3) is 10.6 Å². The van der Waals surface area contributed by atoms with E-state index in [0.29, 0.717) is 5.95 Å². The highest BCUT2D eigenvalue weighted by Crippen LogP contribution is 2.35. The van der Waals surface area contributed by atoms with Gasteiger partial charge in [-0.25, -0.2) is 4.98 Å². The van der Waals surface area contributed by atoms with Crippen molar-refractivity contribution in [2.24, 2.45) is 0 Å². The predicted octanol–water partition coefficient (Wildman–Crippen LogP) is 3.19. The van der Waals surface area contributed by atoms with Gasteiger partial charge in [0.15, 0.2) is 0 Å². The van der Waals surface area contributed by atoms with Crippen LogP contribution in [0.3, 0.4) is 0 Å². The summed E-state index contributed by atoms with van der Waals surface area (Å²) in [7, 11) is 0. The number of nitrogens with two attached hydrogens (primary N) is 1. The molecule has 3 N–H and O–H groups in total. The van der Waals surface area contributed by atoms with Crippen molar-refractivity contribution in [2.75, 3.05) is 17.6 Å². The van der Waals surface area contributed by atoms with E-state index in [9.17, 15) is 0 Å². The summed E-state index contributed by atoms with van der Waals surface area (Å²) >= 11 is 7.51. The Morgan fingerprint density at radius 3 is 2.94 bits per heavy atom. The maximum Gasteiger partial charge on any atom is 0.222 e. The number of hydrogen-bond acceptors (Lipinski definition) is 5. The number of anilines is 2. The van der Waals surface area contributed by atoms with Gasteiger partial charge in [0.1, 0.15) is 5.82 Å². The molecule has 2 aromatic heterocycles. The third kappa shape index (κ3) is 2.15. The van der Waals surface area contributed by atoms with Crippen molar-refractivity contribution in [3.8, 4) is 10.6 Å². The van der Waals surface area contributed by atoms with Crippen LogP contribution in [0, 0.1) is 0 Å². The van der Waals surface area contributed by atoms with E-state index < -0.39 is 0 Å². The van der Waals surface area contributed by atoms with Crippen molar-refractivity contribution in [3.63, 3.8) is 0 Å². The van der Waals surface area contributed by atoms with Crippen LogP contribution < -0.4 is 11.1 Å². The molecule has 18 heavy (non-hydrogen) atoms. The highest BCUT2D eigenvalue weighted by molar-refractivity contribution is 7.19. The molecule has 0 spiro atoms. The van der Waals surface area contributed by atoms with Crippen molar-refractivity contribution in [1.29, 1.82) is 0 Å². The number of fused-ring (bicyclic) bond motifs is 1. The fourth-order valence-electron chi connectivity index (χ4n) is 2.16. The van der Waals surface area contributed by atoms with Gasteiger partial charge in [-0.2, -0.15) is 4.98 Å². The van der Waals surface area contributed by atoms with Crippen LogP contribution in [-0.4, -0.2) is 16.5 Å². The van der Waals surface area contributed by atoms with E-state index in [1.54, 1.807) is 0 Å². The third-order valence-electron chi connectivity index (χ3n) is 2.98. The third-order valence-corrected chi connectivity index (χ3v) is 4.21. The normalized spacial score (nSPS) is 14.7. The van der Waals surface area contributed by atoms with E-state index in [-0.39, 0.29) is 0 Å². The first-order valence-electron chi connectivity index (χ1n) is 5.90. The summed E-state index contributed by atoms with van der Waals surface area (Å²) in [6.07, 6.45) is 3.26. The monoisotopic (exact) mass is 280 g/mol. The van der Waals surface area contributed by atoms with Gasteiger partial charge >= 0.3 is 0 Å². The maximum absolute atomic E-state index is 5.99. The zero-order chi connectivity index (χ0) is 12.5. The maximum atomic E-state index is 5.99. The molecule has 0 amide bonds. The van der Waals surface area contributed by atoms with E-state index in [1.165, 1.54) is 11.3 Å². The second-order valence-corrected chi connectivity index (χ2v) is 5.96. The van der Waals surface area contributed by atoms with Crippen LogP contribution in [0.15, 0.2) is 12.1 Å². The van der Waals surface area contributed by atoms with Crippen molar-refractivity contribution in [3.05, 3.63) is 22.0 Å². The zero-order valence-corrected chi connectivity index (χ0v) is 11.3. The molecule has 3 rings (SSSR count). The van der Waals surface area contributed by atoms with Crippen molar-refractivity contribution < 1.29 is 0 Å². The molecule has 0 saturated heterocycles. The quantitative estimate of drug-likeness (QED) is 0.842. The first-order valence-corrected chi connectivity index (χ1v) is 7.09. The average Bonchev–Trinajstić information content (AvgIpc) is 2.63. The molecule has 3 heterocycles. The van der Waals surface area contributed by atoms with Gasteiger partial charge in [-0.1, -0.05) is 11.6 Å². The van der Waals surface area contributed by atoms with Gasteiger partial charge < -0.3 is 11.1 Å². The first-order chi connectivity index (χ1) is 8.74. The summed E-state index contributed by atoms with van der Waals surface area (Å²) in [6, 6.07) is 3.87. The van der Waals surface area contributed by atoms with Gasteiger partial charge in [-0.05, 0) is 31.4 Å². The largest absolute Gasteiger partial charge is 0.370 e. The fraction of sp³-hybridized carbons (Fsp3) is 0.333. The van der Waals surface area contributed by atoms with Crippen LogP contribution in [0.5, 0.6) is 0 Å². The van der Waals surface area contributed by atoms with Crippen LogP contribution >= 0.6 is 22.9 Å². The lowest BCUT2D eigenvalue weighted by atomic mass is 10.1. The van der Waals surface area contributed by atoms with Crippen LogP contribution in [0.4, 0.5) is 11.8 Å². The van der Waals surface area contributed by atoms with Gasteiger partial charge in [0, 0.05) is 12.1 Å². The van der Waals surface area contributed by atoms with Crippen molar-refractivity contribution in [2.45, 2.75) is 19.3 Å². The molecule has 0 radical (unpaired) electrons. The highest BCUT2D eigenvalue weighted by atomic mass is 35.5. The van der Waals surface area contributed by atoms with Gasteiger partial charge in [0.2, 0.25) is 5.95 Å². The number of halogens is 1. The Morgan fingerprint density at radius 2 is 2.17 bits per heavy atom. The summed E-state index contributed by atoms with van der Waals surface area (Å²) < 4.78 is 0.762. The van der Waals surface area contributed by atoms with Crippen molar-refractivity contribution >= 4 is 34.7 Å². The van der Waals surface area contributed by atoms with Gasteiger partial charge in [0.05, 0.1) is 14.9 Å². The van der Waals surface area contributed by atoms with Crippen LogP contribution in [0.2, 0.25) is 4.34 Å². The minimum absolute atomic E-state index is 0.308. The Balaban J connectivity index is 2.16. The average molecular weight is 281 g/mol. The smallest absolute Gasteiger partial charge is 0.222 e. The minimum Gasteiger partial charge on any atom is -0.370 e. The molecule has 94 valence electrons. The molecule has 6 heteroatoms. The SMILES string of the molecule is Nc1nc2c(c(-c3ccc(Cl)s3)n1)CCCCN2. The van der Waals surface area contributed by atoms with Crippen LogP contribution in [0.1, 0.15) is 18.4 Å². The minimum atomic E-state index is 0.308. The second-order valence-electron chi connectivity index (χ2n) is 4.25. The highest BCUT2D eigenvalue weighted by Gasteiger charge is 2.18. The molecular weight excluding hydrogens is 268 g/mol. The molecule has 0 unspecified atom stereocenters. The molecule has 0 bridgehead atoms. The molecule has 0 fully saturated rings. The first kappa shape index (κ1) is 11.7. The lowest BCUT2D eigenvalue weighted by Gasteiger charge is -2.11. The second kappa shape index (κ2) is 4.74. The Hall–Kier alpha value is -1.33. The van der Waals surface area contributed by atoms with Gasteiger partial charge in [-0.15, -0.1) is 11.3 Å². The molecule has 1 aliphatic rings. The van der Waals surface area contributed by atoms with E-state index in [4.69, 9.17) is 17.3 Å². The Labute approximate surface area is 114 Å². The number of aromatic nitrogens is 2. The number of nitrogen functional groups attached to an aromatic ring is 1. The zero-order valence-electron chi connectivity index (χ0n) is 9.74. The topological polar surface area (TPSA) is 63.8 Å². The molecule has 0 aliphatic carbocycles. The van der Waals surface area contributed by atoms with Crippen molar-refractivity contribution in [1.82, 2.24) is 9.97 Å². The van der Waals surface area contributed by atoms with E-state index in [2.05, 4.69) is 15.3 Å². The summed E-state index contributed by atoms with van der Waals surface area (Å²) in [5, 5.41) is 3.32. The Morgan fingerprint density at radius 1 is 1.28 bits per heavy atom. The Bertz CT molecular complexity index is 581. The van der Waals surface area contributed by atoms with E-state index in [1.807, 2.05) is 12.1 Å². The van der Waals surface area contributed by atoms with E-state index >= 15 is 0 Å². The van der Waals surface area contributed by atoms with E-state index in [0.717, 1.165) is 52.1 Å². The van der Waals surface area contributed by atoms with Crippen LogP contribution in [-0.2, 0) is 6.42 Å². The number of thiophene rings is 1. The number of hydrogen-bond donors (Lipinski definition) is 2. The fourth-order valence-corrected chi connectivity index (χ4v) is 3.22. The molecular formula is C12H13ClN4S. The molecule has 4 nitrogen and oxygen atoms in total. The Kier molecular flexibility index (Phi) is 3.09. The molecule has 0 atom stereocenters. The van der Waals surface area contributed by atoms with Gasteiger partial charge in [-0.3, -0.25) is 0 Å². The summed E-state index contributed by atoms with van der Waals surface area (Å²) in [5.74, 6) is 1.18. The summed E-state index contributed by atoms with van der Waals surface area (Å²) in [4.78, 5) is 9.73. The summed E-state index contributed by atoms with van der Waals surface area (Å²) in [6.45, 7) is 0.939. The molecule has 0 saturated carbocycles. The lowest BCUT2D eigenvalue weighted by Crippen LogP contribution is -2.07. The number of rotatable bonds is 1.